The van der Waals surface area contributed by atoms with Gasteiger partial charge in [0.1, 0.15) is 0 Å². The summed E-state index contributed by atoms with van der Waals surface area (Å²) in [5, 5.41) is 3.04. The molecule has 0 radical (unpaired) electrons. The fraction of sp³-hybridized carbons (Fsp3) is 0.581. The van der Waals surface area contributed by atoms with Crippen molar-refractivity contribution >= 4 is 46.7 Å². The number of piperazine rings is 1. The zero-order valence-electron chi connectivity index (χ0n) is 35.2. The van der Waals surface area contributed by atoms with Crippen LogP contribution >= 0.6 is 0 Å². The number of oxazole rings is 1. The first-order chi connectivity index (χ1) is 28.8. The number of hydrogen-bond donors (Lipinski definition) is 1. The number of likely N-dealkylation sites (N-methyl/N-ethyl adjacent to an activating group) is 1. The number of likely N-dealkylation sites (tertiary alicyclic amines) is 2. The van der Waals surface area contributed by atoms with Crippen LogP contribution in [-0.2, 0) is 43.7 Å². The molecule has 0 spiro atoms. The molecule has 5 amide bonds. The average molecular weight is 831 g/mol. The first-order valence-corrected chi connectivity index (χ1v) is 21.2. The highest BCUT2D eigenvalue weighted by atomic mass is 16.6. The van der Waals surface area contributed by atoms with Gasteiger partial charge in [-0.05, 0) is 80.9 Å². The monoisotopic (exact) mass is 830 g/mol. The summed E-state index contributed by atoms with van der Waals surface area (Å²) in [6, 6.07) is 11.7. The summed E-state index contributed by atoms with van der Waals surface area (Å²) in [4.78, 5) is 89.0. The molecule has 17 nitrogen and oxygen atoms in total. The Morgan fingerprint density at radius 2 is 1.58 bits per heavy atom. The number of carbonyl (C=O) groups is 5. The normalized spacial score (nSPS) is 19.1. The van der Waals surface area contributed by atoms with Crippen molar-refractivity contribution in [2.45, 2.75) is 70.1 Å². The molecule has 1 N–H and O–H groups in total. The largest absolute Gasteiger partial charge is 0.456 e. The molecule has 3 aromatic rings. The Kier molecular flexibility index (Phi) is 13.4. The molecule has 0 bridgehead atoms. The molecule has 60 heavy (non-hydrogen) atoms. The van der Waals surface area contributed by atoms with Gasteiger partial charge in [0.15, 0.2) is 18.3 Å². The Hall–Kier alpha value is -5.42. The molecule has 17 heteroatoms. The van der Waals surface area contributed by atoms with Crippen LogP contribution in [0.1, 0.15) is 48.8 Å². The molecular formula is C43H58N8O9. The van der Waals surface area contributed by atoms with E-state index in [1.54, 1.807) is 37.0 Å². The molecule has 5 heterocycles. The van der Waals surface area contributed by atoms with Crippen LogP contribution in [-0.4, -0.2) is 168 Å². The van der Waals surface area contributed by atoms with Crippen molar-refractivity contribution < 1.29 is 37.9 Å². The van der Waals surface area contributed by atoms with Crippen molar-refractivity contribution in [2.75, 3.05) is 91.5 Å². The number of hydrogen-bond acceptors (Lipinski definition) is 11. The number of benzene rings is 2. The number of nitrogens with zero attached hydrogens (tertiary/aromatic N) is 7. The molecule has 2 aromatic carbocycles. The molecule has 0 aliphatic carbocycles. The SMILES string of the molecule is Cc1cc(C[C@@H](OC(=O)N2CCC(N3CCc4ccccc4NC3=O)CC2)C(=O)N2CCN(C3CCN(CCC(=O)OCC(=O)N(C)C)CC3)CC2)cc2oc(=O)n(C)c12. The third kappa shape index (κ3) is 9.95. The maximum Gasteiger partial charge on any atom is 0.419 e. The van der Waals surface area contributed by atoms with Crippen LogP contribution in [0, 0.1) is 6.92 Å². The number of carbonyl (C=O) groups excluding carboxylic acids is 5. The number of nitrogens with one attached hydrogen (secondary N) is 1. The first-order valence-electron chi connectivity index (χ1n) is 21.2. The lowest BCUT2D eigenvalue weighted by molar-refractivity contribution is -0.151. The number of para-hydroxylation sites is 1. The molecular weight excluding hydrogens is 773 g/mol. The summed E-state index contributed by atoms with van der Waals surface area (Å²) < 4.78 is 18.2. The van der Waals surface area contributed by atoms with Crippen LogP contribution in [0.3, 0.4) is 0 Å². The zero-order chi connectivity index (χ0) is 42.5. The third-order valence-electron chi connectivity index (χ3n) is 12.6. The number of anilines is 1. The average Bonchev–Trinajstić information content (AvgIpc) is 3.43. The smallest absolute Gasteiger partial charge is 0.419 e. The van der Waals surface area contributed by atoms with Gasteiger partial charge in [0.05, 0.1) is 11.9 Å². The van der Waals surface area contributed by atoms with E-state index < -0.39 is 18.0 Å². The van der Waals surface area contributed by atoms with Gasteiger partial charge >= 0.3 is 23.8 Å². The molecule has 1 atom stereocenters. The van der Waals surface area contributed by atoms with Gasteiger partial charge < -0.3 is 43.7 Å². The Bertz CT molecular complexity index is 2110. The minimum Gasteiger partial charge on any atom is -0.456 e. The number of ether oxygens (including phenoxy) is 2. The fourth-order valence-electron chi connectivity index (χ4n) is 9.00. The van der Waals surface area contributed by atoms with Gasteiger partial charge in [-0.25, -0.2) is 14.4 Å². The van der Waals surface area contributed by atoms with E-state index in [9.17, 15) is 28.8 Å². The molecule has 0 saturated carbocycles. The summed E-state index contributed by atoms with van der Waals surface area (Å²) >= 11 is 0. The number of esters is 1. The Morgan fingerprint density at radius 3 is 2.30 bits per heavy atom. The second-order valence-corrected chi connectivity index (χ2v) is 16.6. The maximum absolute atomic E-state index is 14.3. The highest BCUT2D eigenvalue weighted by molar-refractivity contribution is 5.91. The second kappa shape index (κ2) is 18.9. The van der Waals surface area contributed by atoms with Crippen LogP contribution in [0.4, 0.5) is 15.3 Å². The van der Waals surface area contributed by atoms with E-state index in [0.717, 1.165) is 49.2 Å². The van der Waals surface area contributed by atoms with Crippen molar-refractivity contribution in [3.63, 3.8) is 0 Å². The standard InChI is InChI=1S/C43H58N8O9/c1-29-25-30(26-35-39(29)46(4)42(56)59-35)27-36(60-43(57)50-18-12-33(13-19-50)51-20-9-31-7-5-6-8-34(31)44-41(51)55)40(54)49-23-21-48(22-24-49)32-10-15-47(16-11-32)17-14-38(53)58-28-37(52)45(2)3/h5-8,25-26,32-33,36H,9-24,27-28H2,1-4H3,(H,44,55)/t36-/m1/s1. The molecule has 324 valence electrons. The van der Waals surface area contributed by atoms with Gasteiger partial charge in [0.25, 0.3) is 11.8 Å². The number of urea groups is 1. The minimum absolute atomic E-state index is 0.0329. The number of aryl methyl sites for hydroxylation is 2. The molecule has 3 fully saturated rings. The van der Waals surface area contributed by atoms with Gasteiger partial charge in [-0.1, -0.05) is 24.3 Å². The second-order valence-electron chi connectivity index (χ2n) is 16.6. The summed E-state index contributed by atoms with van der Waals surface area (Å²) in [5.41, 5.74) is 4.54. The predicted octanol–water partition coefficient (Wildman–Crippen LogP) is 2.67. The number of piperidine rings is 2. The Labute approximate surface area is 350 Å². The summed E-state index contributed by atoms with van der Waals surface area (Å²) in [5.74, 6) is -1.37. The summed E-state index contributed by atoms with van der Waals surface area (Å²) in [6.07, 6.45) is 2.48. The van der Waals surface area contributed by atoms with E-state index >= 15 is 0 Å². The van der Waals surface area contributed by atoms with Crippen LogP contribution in [0.15, 0.2) is 45.6 Å². The third-order valence-corrected chi connectivity index (χ3v) is 12.6. The van der Waals surface area contributed by atoms with Crippen LogP contribution in [0.5, 0.6) is 0 Å². The van der Waals surface area contributed by atoms with Gasteiger partial charge in [-0.3, -0.25) is 23.9 Å². The van der Waals surface area contributed by atoms with Crippen molar-refractivity contribution in [3.05, 3.63) is 63.6 Å². The van der Waals surface area contributed by atoms with Crippen LogP contribution in [0.2, 0.25) is 0 Å². The molecule has 4 aliphatic heterocycles. The molecule has 4 aliphatic rings. The highest BCUT2D eigenvalue weighted by Crippen LogP contribution is 2.27. The predicted molar refractivity (Wildman–Crippen MR) is 223 cm³/mol. The molecule has 0 unspecified atom stereocenters. The Balaban J connectivity index is 0.940. The van der Waals surface area contributed by atoms with E-state index in [1.165, 1.54) is 9.47 Å². The lowest BCUT2D eigenvalue weighted by atomic mass is 10.0. The lowest BCUT2D eigenvalue weighted by Crippen LogP contribution is -2.56. The highest BCUT2D eigenvalue weighted by Gasteiger charge is 2.37. The van der Waals surface area contributed by atoms with Crippen LogP contribution < -0.4 is 11.1 Å². The maximum atomic E-state index is 14.3. The summed E-state index contributed by atoms with van der Waals surface area (Å²) in [7, 11) is 4.89. The van der Waals surface area contributed by atoms with Crippen molar-refractivity contribution in [1.82, 2.24) is 34.0 Å². The number of amides is 5. The number of fused-ring (bicyclic) bond motifs is 2. The topological polar surface area (TPSA) is 170 Å². The quantitative estimate of drug-likeness (QED) is 0.282. The van der Waals surface area contributed by atoms with Gasteiger partial charge in [-0.15, -0.1) is 0 Å². The fourth-order valence-corrected chi connectivity index (χ4v) is 9.00. The van der Waals surface area contributed by atoms with Crippen molar-refractivity contribution in [1.29, 1.82) is 0 Å². The Morgan fingerprint density at radius 1 is 0.883 bits per heavy atom. The molecule has 3 saturated heterocycles. The van der Waals surface area contributed by atoms with Gasteiger partial charge in [0.2, 0.25) is 0 Å². The van der Waals surface area contributed by atoms with Gasteiger partial charge in [-0.2, -0.15) is 0 Å². The van der Waals surface area contributed by atoms with E-state index in [-0.39, 0.29) is 49.3 Å². The van der Waals surface area contributed by atoms with E-state index in [2.05, 4.69) is 15.1 Å². The zero-order valence-corrected chi connectivity index (χ0v) is 35.2. The molecule has 7 rings (SSSR count). The summed E-state index contributed by atoms with van der Waals surface area (Å²) in [6.45, 7) is 7.62. The van der Waals surface area contributed by atoms with E-state index in [1.807, 2.05) is 42.2 Å². The van der Waals surface area contributed by atoms with E-state index in [0.29, 0.717) is 87.9 Å². The minimum atomic E-state index is -1.10. The van der Waals surface area contributed by atoms with E-state index in [4.69, 9.17) is 13.9 Å². The van der Waals surface area contributed by atoms with Crippen molar-refractivity contribution in [2.24, 2.45) is 7.05 Å². The number of rotatable bonds is 11. The van der Waals surface area contributed by atoms with Crippen LogP contribution in [0.25, 0.3) is 11.1 Å². The van der Waals surface area contributed by atoms with Crippen molar-refractivity contribution in [3.8, 4) is 0 Å². The van der Waals surface area contributed by atoms with Gasteiger partial charge in [0, 0.05) is 97.7 Å². The first kappa shape index (κ1) is 42.7. The number of aromatic nitrogens is 1. The lowest BCUT2D eigenvalue weighted by Gasteiger charge is -2.43. The molecule has 1 aromatic heterocycles.